The first-order chi connectivity index (χ1) is 8.90. The average molecular weight is 344 g/mol. The molecule has 19 heavy (non-hydrogen) atoms. The summed E-state index contributed by atoms with van der Waals surface area (Å²) in [7, 11) is 0. The Labute approximate surface area is 131 Å². The van der Waals surface area contributed by atoms with E-state index in [-0.39, 0.29) is 0 Å². The fraction of sp³-hybridized carbons (Fsp3) is 0.625. The van der Waals surface area contributed by atoms with Crippen LogP contribution in [0, 0.1) is 11.8 Å². The van der Waals surface area contributed by atoms with Gasteiger partial charge in [0.05, 0.1) is 0 Å². The van der Waals surface area contributed by atoms with E-state index in [0.717, 1.165) is 17.6 Å². The van der Waals surface area contributed by atoms with Crippen molar-refractivity contribution in [1.82, 2.24) is 5.32 Å². The van der Waals surface area contributed by atoms with Crippen LogP contribution >= 0.6 is 27.7 Å². The highest BCUT2D eigenvalue weighted by Crippen LogP contribution is 2.32. The molecule has 0 aliphatic carbocycles. The molecule has 1 atom stereocenters. The highest BCUT2D eigenvalue weighted by Gasteiger charge is 2.12. The van der Waals surface area contributed by atoms with Gasteiger partial charge in [0.25, 0.3) is 0 Å². The van der Waals surface area contributed by atoms with Gasteiger partial charge < -0.3 is 5.32 Å². The molecule has 1 N–H and O–H groups in total. The van der Waals surface area contributed by atoms with E-state index < -0.39 is 0 Å². The van der Waals surface area contributed by atoms with Crippen LogP contribution in [0.2, 0.25) is 0 Å². The predicted molar refractivity (Wildman–Crippen MR) is 90.8 cm³/mol. The molecule has 1 rings (SSSR count). The van der Waals surface area contributed by atoms with E-state index in [2.05, 4.69) is 74.1 Å². The maximum absolute atomic E-state index is 3.58. The van der Waals surface area contributed by atoms with Gasteiger partial charge in [-0.1, -0.05) is 50.5 Å². The van der Waals surface area contributed by atoms with Crippen LogP contribution in [-0.4, -0.2) is 11.8 Å². The van der Waals surface area contributed by atoms with Gasteiger partial charge in [-0.25, -0.2) is 0 Å². The summed E-state index contributed by atoms with van der Waals surface area (Å²) in [6.45, 7) is 13.4. The third kappa shape index (κ3) is 6.33. The van der Waals surface area contributed by atoms with Crippen LogP contribution in [0.4, 0.5) is 0 Å². The molecular weight excluding hydrogens is 318 g/mol. The van der Waals surface area contributed by atoms with Crippen molar-refractivity contribution in [2.75, 3.05) is 6.54 Å². The predicted octanol–water partition coefficient (Wildman–Crippen LogP) is 5.33. The number of benzene rings is 1. The summed E-state index contributed by atoms with van der Waals surface area (Å²) in [6.07, 6.45) is 0. The molecule has 0 saturated heterocycles. The van der Waals surface area contributed by atoms with Crippen LogP contribution in [0.3, 0.4) is 0 Å². The zero-order chi connectivity index (χ0) is 14.4. The first-order valence-electron chi connectivity index (χ1n) is 7.06. The van der Waals surface area contributed by atoms with Gasteiger partial charge in [-0.15, -0.1) is 11.8 Å². The van der Waals surface area contributed by atoms with Gasteiger partial charge in [-0.3, -0.25) is 0 Å². The summed E-state index contributed by atoms with van der Waals surface area (Å²) in [5.74, 6) is 1.39. The van der Waals surface area contributed by atoms with Gasteiger partial charge >= 0.3 is 0 Å². The van der Waals surface area contributed by atoms with Crippen LogP contribution in [0.15, 0.2) is 27.6 Å². The topological polar surface area (TPSA) is 12.0 Å². The van der Waals surface area contributed by atoms with Gasteiger partial charge in [-0.05, 0) is 42.1 Å². The Balaban J connectivity index is 2.73. The van der Waals surface area contributed by atoms with Crippen molar-refractivity contribution in [2.24, 2.45) is 11.8 Å². The Morgan fingerprint density at radius 3 is 2.42 bits per heavy atom. The fourth-order valence-corrected chi connectivity index (χ4v) is 3.14. The molecule has 0 aliphatic rings. The Morgan fingerprint density at radius 2 is 1.84 bits per heavy atom. The van der Waals surface area contributed by atoms with Crippen molar-refractivity contribution in [1.29, 1.82) is 0 Å². The highest BCUT2D eigenvalue weighted by molar-refractivity contribution is 9.10. The molecule has 0 heterocycles. The Kier molecular flexibility index (Phi) is 7.48. The summed E-state index contributed by atoms with van der Waals surface area (Å²) in [5.41, 5.74) is 1.40. The van der Waals surface area contributed by atoms with E-state index >= 15 is 0 Å². The SMILES string of the molecule is CC(C)CNCc1cc(Br)ccc1SC(C)C(C)C. The van der Waals surface area contributed by atoms with Crippen LogP contribution in [0.5, 0.6) is 0 Å². The minimum atomic E-state index is 0.644. The lowest BCUT2D eigenvalue weighted by molar-refractivity contribution is 0.550. The monoisotopic (exact) mass is 343 g/mol. The van der Waals surface area contributed by atoms with E-state index in [9.17, 15) is 0 Å². The van der Waals surface area contributed by atoms with E-state index in [0.29, 0.717) is 17.1 Å². The van der Waals surface area contributed by atoms with Gasteiger partial charge in [0.1, 0.15) is 0 Å². The zero-order valence-corrected chi connectivity index (χ0v) is 15.1. The molecule has 0 fully saturated rings. The number of thioether (sulfide) groups is 1. The van der Waals surface area contributed by atoms with Crippen LogP contribution in [-0.2, 0) is 6.54 Å². The molecule has 0 spiro atoms. The van der Waals surface area contributed by atoms with Crippen molar-refractivity contribution in [3.63, 3.8) is 0 Å². The lowest BCUT2D eigenvalue weighted by Gasteiger charge is -2.18. The van der Waals surface area contributed by atoms with Gasteiger partial charge in [-0.2, -0.15) is 0 Å². The third-order valence-electron chi connectivity index (χ3n) is 3.14. The molecule has 1 unspecified atom stereocenters. The first-order valence-corrected chi connectivity index (χ1v) is 8.73. The van der Waals surface area contributed by atoms with E-state index in [1.165, 1.54) is 10.5 Å². The van der Waals surface area contributed by atoms with Gasteiger partial charge in [0.2, 0.25) is 0 Å². The second-order valence-electron chi connectivity index (χ2n) is 5.84. The summed E-state index contributed by atoms with van der Waals surface area (Å²) in [4.78, 5) is 1.40. The molecule has 0 amide bonds. The van der Waals surface area contributed by atoms with E-state index in [1.807, 2.05) is 11.8 Å². The number of halogens is 1. The Morgan fingerprint density at radius 1 is 1.16 bits per heavy atom. The van der Waals surface area contributed by atoms with Crippen LogP contribution in [0.1, 0.15) is 40.2 Å². The second-order valence-corrected chi connectivity index (χ2v) is 8.18. The maximum Gasteiger partial charge on any atom is 0.0217 e. The normalized spacial score (nSPS) is 13.3. The standard InChI is InChI=1S/C16H26BrNS/c1-11(2)9-18-10-14-8-15(17)6-7-16(14)19-13(5)12(3)4/h6-8,11-13,18H,9-10H2,1-5H3. The lowest BCUT2D eigenvalue weighted by atomic mass is 10.1. The molecular formula is C16H26BrNS. The smallest absolute Gasteiger partial charge is 0.0217 e. The van der Waals surface area contributed by atoms with Crippen molar-refractivity contribution in [3.8, 4) is 0 Å². The van der Waals surface area contributed by atoms with Crippen LogP contribution in [0.25, 0.3) is 0 Å². The molecule has 0 aromatic heterocycles. The summed E-state index contributed by atoms with van der Waals surface area (Å²) in [5, 5.41) is 4.18. The zero-order valence-electron chi connectivity index (χ0n) is 12.7. The van der Waals surface area contributed by atoms with Crippen molar-refractivity contribution in [2.45, 2.75) is 51.3 Å². The van der Waals surface area contributed by atoms with Crippen LogP contribution < -0.4 is 5.32 Å². The summed E-state index contributed by atoms with van der Waals surface area (Å²) in [6, 6.07) is 6.62. The van der Waals surface area contributed by atoms with Gasteiger partial charge in [0.15, 0.2) is 0 Å². The summed E-state index contributed by atoms with van der Waals surface area (Å²) < 4.78 is 1.16. The van der Waals surface area contributed by atoms with Gasteiger partial charge in [0, 0.05) is 21.2 Å². The highest BCUT2D eigenvalue weighted by atomic mass is 79.9. The molecule has 108 valence electrons. The molecule has 1 nitrogen and oxygen atoms in total. The lowest BCUT2D eigenvalue weighted by Crippen LogP contribution is -2.19. The number of hydrogen-bond donors (Lipinski definition) is 1. The maximum atomic E-state index is 3.58. The van der Waals surface area contributed by atoms with E-state index in [1.54, 1.807) is 0 Å². The summed E-state index contributed by atoms with van der Waals surface area (Å²) >= 11 is 5.56. The molecule has 0 aliphatic heterocycles. The number of nitrogens with one attached hydrogen (secondary N) is 1. The quantitative estimate of drug-likeness (QED) is 0.671. The number of rotatable bonds is 7. The second kappa shape index (κ2) is 8.33. The Bertz CT molecular complexity index is 390. The molecule has 3 heteroatoms. The van der Waals surface area contributed by atoms with Crippen molar-refractivity contribution < 1.29 is 0 Å². The number of hydrogen-bond acceptors (Lipinski definition) is 2. The molecule has 1 aromatic rings. The molecule has 0 saturated carbocycles. The molecule has 0 bridgehead atoms. The largest absolute Gasteiger partial charge is 0.312 e. The van der Waals surface area contributed by atoms with Crippen molar-refractivity contribution in [3.05, 3.63) is 28.2 Å². The molecule has 1 aromatic carbocycles. The third-order valence-corrected chi connectivity index (χ3v) is 5.20. The minimum Gasteiger partial charge on any atom is -0.312 e. The van der Waals surface area contributed by atoms with E-state index in [4.69, 9.17) is 0 Å². The van der Waals surface area contributed by atoms with Crippen molar-refractivity contribution >= 4 is 27.7 Å². The fourth-order valence-electron chi connectivity index (χ4n) is 1.63. The minimum absolute atomic E-state index is 0.644. The average Bonchev–Trinajstić information content (AvgIpc) is 2.31. The molecule has 0 radical (unpaired) electrons. The Hall–Kier alpha value is 0.01000. The first kappa shape index (κ1) is 17.1.